The molecule has 3 rings (SSSR count). The monoisotopic (exact) mass is 316 g/mol. The molecular formula is C22H24N2. The molecule has 0 aliphatic carbocycles. The lowest BCUT2D eigenvalue weighted by molar-refractivity contribution is 1.12. The van der Waals surface area contributed by atoms with E-state index in [1.807, 2.05) is 13.1 Å². The molecule has 0 radical (unpaired) electrons. The van der Waals surface area contributed by atoms with Crippen LogP contribution >= 0.6 is 0 Å². The number of aromatic nitrogens is 2. The van der Waals surface area contributed by atoms with E-state index in [-0.39, 0.29) is 0 Å². The standard InChI is InChI=1S/C22H24N2/c1-13-7-14(2)9-19(8-13)22-18(6)24-21(12-23-22)20-11-16(4)15(3)10-17(20)5/h7-12H,1-6H3. The van der Waals surface area contributed by atoms with Crippen LogP contribution in [0.25, 0.3) is 22.5 Å². The second-order valence-electron chi connectivity index (χ2n) is 6.82. The SMILES string of the molecule is Cc1cc(C)cc(-c2ncc(-c3cc(C)c(C)cc3C)nc2C)c1. The average molecular weight is 316 g/mol. The highest BCUT2D eigenvalue weighted by Crippen LogP contribution is 2.28. The van der Waals surface area contributed by atoms with Crippen LogP contribution in [0.5, 0.6) is 0 Å². The van der Waals surface area contributed by atoms with Crippen molar-refractivity contribution in [3.8, 4) is 22.5 Å². The number of hydrogen-bond donors (Lipinski definition) is 0. The summed E-state index contributed by atoms with van der Waals surface area (Å²) >= 11 is 0. The molecular weight excluding hydrogens is 292 g/mol. The molecule has 0 spiro atoms. The van der Waals surface area contributed by atoms with Gasteiger partial charge in [-0.25, -0.2) is 4.98 Å². The molecule has 0 aliphatic rings. The quantitative estimate of drug-likeness (QED) is 0.609. The minimum Gasteiger partial charge on any atom is -0.252 e. The molecule has 2 heteroatoms. The highest BCUT2D eigenvalue weighted by molar-refractivity contribution is 5.69. The van der Waals surface area contributed by atoms with Crippen LogP contribution in [0.2, 0.25) is 0 Å². The highest BCUT2D eigenvalue weighted by atomic mass is 14.8. The first-order valence-corrected chi connectivity index (χ1v) is 8.35. The second-order valence-corrected chi connectivity index (χ2v) is 6.82. The van der Waals surface area contributed by atoms with E-state index in [0.29, 0.717) is 0 Å². The highest BCUT2D eigenvalue weighted by Gasteiger charge is 2.11. The summed E-state index contributed by atoms with van der Waals surface area (Å²) in [5.74, 6) is 0. The van der Waals surface area contributed by atoms with Crippen LogP contribution in [0.4, 0.5) is 0 Å². The molecule has 0 bridgehead atoms. The van der Waals surface area contributed by atoms with Crippen LogP contribution in [-0.2, 0) is 0 Å². The lowest BCUT2D eigenvalue weighted by Gasteiger charge is -2.12. The van der Waals surface area contributed by atoms with Crippen LogP contribution in [0.15, 0.2) is 36.5 Å². The number of aryl methyl sites for hydroxylation is 6. The van der Waals surface area contributed by atoms with Crippen molar-refractivity contribution < 1.29 is 0 Å². The average Bonchev–Trinajstić information content (AvgIpc) is 2.49. The van der Waals surface area contributed by atoms with Crippen LogP contribution in [0.1, 0.15) is 33.5 Å². The van der Waals surface area contributed by atoms with Gasteiger partial charge in [0.1, 0.15) is 0 Å². The number of rotatable bonds is 2. The molecule has 2 aromatic carbocycles. The van der Waals surface area contributed by atoms with Crippen LogP contribution in [0, 0.1) is 41.5 Å². The van der Waals surface area contributed by atoms with Gasteiger partial charge in [0.25, 0.3) is 0 Å². The zero-order valence-corrected chi connectivity index (χ0v) is 15.4. The Balaban J connectivity index is 2.09. The number of benzene rings is 2. The van der Waals surface area contributed by atoms with Crippen molar-refractivity contribution in [3.05, 3.63) is 70.0 Å². The number of hydrogen-bond acceptors (Lipinski definition) is 2. The van der Waals surface area contributed by atoms with E-state index in [1.165, 1.54) is 33.4 Å². The zero-order valence-electron chi connectivity index (χ0n) is 15.4. The minimum absolute atomic E-state index is 0.946. The first kappa shape index (κ1) is 16.4. The molecule has 3 aromatic rings. The molecule has 0 aliphatic heterocycles. The molecule has 1 heterocycles. The van der Waals surface area contributed by atoms with Crippen molar-refractivity contribution in [1.82, 2.24) is 9.97 Å². The Morgan fingerprint density at radius 3 is 1.92 bits per heavy atom. The molecule has 0 saturated heterocycles. The third kappa shape index (κ3) is 3.09. The van der Waals surface area contributed by atoms with E-state index in [4.69, 9.17) is 9.97 Å². The third-order valence-corrected chi connectivity index (χ3v) is 4.56. The Morgan fingerprint density at radius 2 is 1.29 bits per heavy atom. The van der Waals surface area contributed by atoms with E-state index in [9.17, 15) is 0 Å². The predicted octanol–water partition coefficient (Wildman–Crippen LogP) is 5.66. The summed E-state index contributed by atoms with van der Waals surface area (Å²) in [6.45, 7) is 12.7. The lowest BCUT2D eigenvalue weighted by Crippen LogP contribution is -1.98. The Labute approximate surface area is 144 Å². The maximum absolute atomic E-state index is 4.85. The normalized spacial score (nSPS) is 10.9. The van der Waals surface area contributed by atoms with Crippen molar-refractivity contribution in [2.24, 2.45) is 0 Å². The topological polar surface area (TPSA) is 25.8 Å². The van der Waals surface area contributed by atoms with Gasteiger partial charge in [0, 0.05) is 11.1 Å². The molecule has 0 saturated carbocycles. The first-order chi connectivity index (χ1) is 11.3. The first-order valence-electron chi connectivity index (χ1n) is 8.35. The van der Waals surface area contributed by atoms with Gasteiger partial charge in [-0.2, -0.15) is 0 Å². The molecule has 2 nitrogen and oxygen atoms in total. The fraction of sp³-hybridized carbons (Fsp3) is 0.273. The van der Waals surface area contributed by atoms with Gasteiger partial charge in [-0.05, 0) is 76.4 Å². The molecule has 122 valence electrons. The van der Waals surface area contributed by atoms with Gasteiger partial charge in [-0.15, -0.1) is 0 Å². The van der Waals surface area contributed by atoms with Crippen molar-refractivity contribution >= 4 is 0 Å². The van der Waals surface area contributed by atoms with E-state index in [0.717, 1.165) is 22.6 Å². The van der Waals surface area contributed by atoms with E-state index >= 15 is 0 Å². The summed E-state index contributed by atoms with van der Waals surface area (Å²) in [5, 5.41) is 0. The van der Waals surface area contributed by atoms with Crippen molar-refractivity contribution in [1.29, 1.82) is 0 Å². The summed E-state index contributed by atoms with van der Waals surface area (Å²) in [6, 6.07) is 11.0. The Hall–Kier alpha value is -2.48. The van der Waals surface area contributed by atoms with Gasteiger partial charge in [-0.3, -0.25) is 4.98 Å². The summed E-state index contributed by atoms with van der Waals surface area (Å²) in [5.41, 5.74) is 11.5. The molecule has 1 aromatic heterocycles. The Morgan fingerprint density at radius 1 is 0.667 bits per heavy atom. The van der Waals surface area contributed by atoms with Crippen LogP contribution in [-0.4, -0.2) is 9.97 Å². The lowest BCUT2D eigenvalue weighted by atomic mass is 9.98. The fourth-order valence-electron chi connectivity index (χ4n) is 3.24. The third-order valence-electron chi connectivity index (χ3n) is 4.56. The van der Waals surface area contributed by atoms with E-state index < -0.39 is 0 Å². The van der Waals surface area contributed by atoms with Crippen LogP contribution in [0.3, 0.4) is 0 Å². The molecule has 0 unspecified atom stereocenters. The van der Waals surface area contributed by atoms with Gasteiger partial charge in [-0.1, -0.05) is 23.3 Å². The summed E-state index contributed by atoms with van der Waals surface area (Å²) in [4.78, 5) is 9.59. The molecule has 0 amide bonds. The fourth-order valence-corrected chi connectivity index (χ4v) is 3.24. The van der Waals surface area contributed by atoms with Crippen molar-refractivity contribution in [3.63, 3.8) is 0 Å². The maximum Gasteiger partial charge on any atom is 0.0915 e. The minimum atomic E-state index is 0.946. The van der Waals surface area contributed by atoms with Gasteiger partial charge in [0.05, 0.1) is 23.3 Å². The maximum atomic E-state index is 4.85. The van der Waals surface area contributed by atoms with Gasteiger partial charge in [0.2, 0.25) is 0 Å². The predicted molar refractivity (Wildman–Crippen MR) is 101 cm³/mol. The number of nitrogens with zero attached hydrogens (tertiary/aromatic N) is 2. The summed E-state index contributed by atoms with van der Waals surface area (Å²) in [7, 11) is 0. The summed E-state index contributed by atoms with van der Waals surface area (Å²) in [6.07, 6.45) is 1.90. The van der Waals surface area contributed by atoms with Gasteiger partial charge < -0.3 is 0 Å². The Bertz CT molecular complexity index is 903. The molecule has 0 N–H and O–H groups in total. The summed E-state index contributed by atoms with van der Waals surface area (Å²) < 4.78 is 0. The van der Waals surface area contributed by atoms with Crippen molar-refractivity contribution in [2.75, 3.05) is 0 Å². The molecule has 0 atom stereocenters. The van der Waals surface area contributed by atoms with Gasteiger partial charge >= 0.3 is 0 Å². The largest absolute Gasteiger partial charge is 0.252 e. The molecule has 24 heavy (non-hydrogen) atoms. The smallest absolute Gasteiger partial charge is 0.0915 e. The van der Waals surface area contributed by atoms with Gasteiger partial charge in [0.15, 0.2) is 0 Å². The van der Waals surface area contributed by atoms with E-state index in [1.54, 1.807) is 0 Å². The second kappa shape index (κ2) is 6.20. The van der Waals surface area contributed by atoms with E-state index in [2.05, 4.69) is 65.0 Å². The van der Waals surface area contributed by atoms with Crippen LogP contribution < -0.4 is 0 Å². The molecule has 0 fully saturated rings. The van der Waals surface area contributed by atoms with Crippen molar-refractivity contribution in [2.45, 2.75) is 41.5 Å². The Kier molecular flexibility index (Phi) is 4.23. The zero-order chi connectivity index (χ0) is 17.4.